The molecule has 2 rings (SSSR count). The summed E-state index contributed by atoms with van der Waals surface area (Å²) in [6.07, 6.45) is 9.97. The highest BCUT2D eigenvalue weighted by molar-refractivity contribution is 5.79. The topological polar surface area (TPSA) is 29.1 Å². The first-order chi connectivity index (χ1) is 6.24. The second-order valence-corrected chi connectivity index (χ2v) is 3.62. The number of carbonyl (C=O) groups is 1. The van der Waals surface area contributed by atoms with Crippen LogP contribution in [0.4, 0.5) is 0 Å². The van der Waals surface area contributed by atoms with Crippen LogP contribution in [0.15, 0.2) is 35.6 Å². The molecule has 0 aromatic heterocycles. The van der Waals surface area contributed by atoms with Crippen molar-refractivity contribution in [3.63, 3.8) is 0 Å². The number of nitrogens with one attached hydrogen (secondary N) is 1. The minimum Gasteiger partial charge on any atom is -0.326 e. The molecule has 1 aliphatic carbocycles. The lowest BCUT2D eigenvalue weighted by atomic mass is 10.0. The molecule has 2 bridgehead atoms. The van der Waals surface area contributed by atoms with Gasteiger partial charge in [0.25, 0.3) is 0 Å². The van der Waals surface area contributed by atoms with E-state index in [9.17, 15) is 4.79 Å². The molecule has 0 saturated carbocycles. The van der Waals surface area contributed by atoms with Crippen molar-refractivity contribution in [2.24, 2.45) is 5.92 Å². The Morgan fingerprint density at radius 3 is 3.23 bits per heavy atom. The molecule has 2 nitrogen and oxygen atoms in total. The van der Waals surface area contributed by atoms with E-state index >= 15 is 0 Å². The van der Waals surface area contributed by atoms with Gasteiger partial charge in [-0.3, -0.25) is 4.79 Å². The van der Waals surface area contributed by atoms with Crippen molar-refractivity contribution in [2.45, 2.75) is 19.8 Å². The summed E-state index contributed by atoms with van der Waals surface area (Å²) in [6, 6.07) is 0. The van der Waals surface area contributed by atoms with Gasteiger partial charge in [0, 0.05) is 12.1 Å². The Bertz CT molecular complexity index is 323. The van der Waals surface area contributed by atoms with Crippen molar-refractivity contribution in [2.75, 3.05) is 0 Å². The number of allylic oxidation sites excluding steroid dienone is 5. The SMILES string of the molecule is CC1=CC2=CC(C=C1)CCC(=O)N2. The smallest absolute Gasteiger partial charge is 0.224 e. The average molecular weight is 175 g/mol. The van der Waals surface area contributed by atoms with Gasteiger partial charge in [0.2, 0.25) is 5.91 Å². The van der Waals surface area contributed by atoms with Crippen molar-refractivity contribution < 1.29 is 4.79 Å². The monoisotopic (exact) mass is 175 g/mol. The lowest BCUT2D eigenvalue weighted by molar-refractivity contribution is -0.120. The molecule has 2 heteroatoms. The summed E-state index contributed by atoms with van der Waals surface area (Å²) in [6.45, 7) is 2.04. The van der Waals surface area contributed by atoms with Crippen LogP contribution in [-0.4, -0.2) is 5.91 Å². The van der Waals surface area contributed by atoms with Crippen LogP contribution in [0.3, 0.4) is 0 Å². The van der Waals surface area contributed by atoms with Crippen LogP contribution in [-0.2, 0) is 4.79 Å². The fourth-order valence-electron chi connectivity index (χ4n) is 1.68. The minimum absolute atomic E-state index is 0.133. The summed E-state index contributed by atoms with van der Waals surface area (Å²) in [5.74, 6) is 0.552. The van der Waals surface area contributed by atoms with E-state index in [0.29, 0.717) is 12.3 Å². The molecule has 1 amide bonds. The van der Waals surface area contributed by atoms with Gasteiger partial charge in [0.15, 0.2) is 0 Å². The van der Waals surface area contributed by atoms with Crippen LogP contribution in [0.5, 0.6) is 0 Å². The van der Waals surface area contributed by atoms with Crippen LogP contribution < -0.4 is 5.32 Å². The van der Waals surface area contributed by atoms with E-state index in [-0.39, 0.29) is 5.91 Å². The lowest BCUT2D eigenvalue weighted by Crippen LogP contribution is -2.19. The van der Waals surface area contributed by atoms with Crippen LogP contribution in [0.1, 0.15) is 19.8 Å². The van der Waals surface area contributed by atoms with Gasteiger partial charge in [-0.15, -0.1) is 0 Å². The summed E-state index contributed by atoms with van der Waals surface area (Å²) in [5, 5.41) is 2.89. The number of carbonyl (C=O) groups excluding carboxylic acids is 1. The van der Waals surface area contributed by atoms with Crippen LogP contribution in [0.25, 0.3) is 0 Å². The van der Waals surface area contributed by atoms with Crippen molar-refractivity contribution in [1.29, 1.82) is 0 Å². The normalized spacial score (nSPS) is 26.8. The Morgan fingerprint density at radius 2 is 2.38 bits per heavy atom. The standard InChI is InChI=1S/C11H13NO/c1-8-2-3-9-4-5-11(13)12-10(6-8)7-9/h2-3,6-7,9H,4-5H2,1H3,(H,12,13). The molecule has 2 aliphatic rings. The van der Waals surface area contributed by atoms with E-state index in [1.165, 1.54) is 5.57 Å². The third-order valence-corrected chi connectivity index (χ3v) is 2.37. The van der Waals surface area contributed by atoms with Crippen molar-refractivity contribution in [3.05, 3.63) is 35.6 Å². The molecule has 0 saturated heterocycles. The number of hydrogen-bond donors (Lipinski definition) is 1. The molecule has 0 aromatic rings. The molecular formula is C11H13NO. The number of fused-ring (bicyclic) bond motifs is 1. The van der Waals surface area contributed by atoms with Gasteiger partial charge in [-0.2, -0.15) is 0 Å². The Morgan fingerprint density at radius 1 is 1.54 bits per heavy atom. The summed E-state index contributed by atoms with van der Waals surface area (Å²) < 4.78 is 0. The molecule has 0 spiro atoms. The maximum Gasteiger partial charge on any atom is 0.224 e. The van der Waals surface area contributed by atoms with Crippen molar-refractivity contribution in [3.8, 4) is 0 Å². The van der Waals surface area contributed by atoms with Gasteiger partial charge in [-0.1, -0.05) is 18.2 Å². The van der Waals surface area contributed by atoms with E-state index in [2.05, 4.69) is 23.5 Å². The van der Waals surface area contributed by atoms with E-state index in [1.54, 1.807) is 0 Å². The van der Waals surface area contributed by atoms with Gasteiger partial charge >= 0.3 is 0 Å². The average Bonchev–Trinajstić information content (AvgIpc) is 2.33. The zero-order valence-corrected chi connectivity index (χ0v) is 7.71. The van der Waals surface area contributed by atoms with E-state index < -0.39 is 0 Å². The van der Waals surface area contributed by atoms with Crippen molar-refractivity contribution in [1.82, 2.24) is 5.32 Å². The third kappa shape index (κ3) is 1.89. The van der Waals surface area contributed by atoms with Gasteiger partial charge in [-0.25, -0.2) is 0 Å². The Kier molecular flexibility index (Phi) is 2.05. The summed E-state index contributed by atoms with van der Waals surface area (Å²) in [7, 11) is 0. The van der Waals surface area contributed by atoms with E-state index in [1.807, 2.05) is 13.0 Å². The van der Waals surface area contributed by atoms with Crippen LogP contribution >= 0.6 is 0 Å². The quantitative estimate of drug-likeness (QED) is 0.598. The molecule has 1 N–H and O–H groups in total. The molecular weight excluding hydrogens is 162 g/mol. The lowest BCUT2D eigenvalue weighted by Gasteiger charge is -2.02. The largest absolute Gasteiger partial charge is 0.326 e. The molecule has 1 unspecified atom stereocenters. The third-order valence-electron chi connectivity index (χ3n) is 2.37. The number of rotatable bonds is 0. The second kappa shape index (κ2) is 3.21. The second-order valence-electron chi connectivity index (χ2n) is 3.62. The number of hydrogen-bond acceptors (Lipinski definition) is 1. The summed E-state index contributed by atoms with van der Waals surface area (Å²) in [5.41, 5.74) is 2.14. The fraction of sp³-hybridized carbons (Fsp3) is 0.364. The maximum atomic E-state index is 11.2. The van der Waals surface area contributed by atoms with Crippen LogP contribution in [0, 0.1) is 5.92 Å². The zero-order valence-electron chi connectivity index (χ0n) is 7.71. The first-order valence-corrected chi connectivity index (χ1v) is 4.62. The van der Waals surface area contributed by atoms with E-state index in [0.717, 1.165) is 12.1 Å². The molecule has 0 fully saturated rings. The highest BCUT2D eigenvalue weighted by Gasteiger charge is 2.14. The first-order valence-electron chi connectivity index (χ1n) is 4.62. The Balaban J connectivity index is 2.31. The number of amides is 1. The minimum atomic E-state index is 0.133. The Labute approximate surface area is 78.0 Å². The predicted molar refractivity (Wildman–Crippen MR) is 51.8 cm³/mol. The van der Waals surface area contributed by atoms with Gasteiger partial charge < -0.3 is 5.32 Å². The summed E-state index contributed by atoms with van der Waals surface area (Å²) in [4.78, 5) is 11.2. The molecule has 0 aromatic carbocycles. The first kappa shape index (κ1) is 8.30. The maximum absolute atomic E-state index is 11.2. The highest BCUT2D eigenvalue weighted by Crippen LogP contribution is 2.20. The van der Waals surface area contributed by atoms with Crippen LogP contribution in [0.2, 0.25) is 0 Å². The predicted octanol–water partition coefficient (Wildman–Crippen LogP) is 1.91. The van der Waals surface area contributed by atoms with Gasteiger partial charge in [0.1, 0.15) is 0 Å². The molecule has 1 atom stereocenters. The fourth-order valence-corrected chi connectivity index (χ4v) is 1.68. The zero-order chi connectivity index (χ0) is 9.26. The van der Waals surface area contributed by atoms with Gasteiger partial charge in [-0.05, 0) is 30.9 Å². The van der Waals surface area contributed by atoms with Crippen molar-refractivity contribution >= 4 is 5.91 Å². The Hall–Kier alpha value is -1.31. The molecule has 1 aliphatic heterocycles. The molecule has 0 radical (unpaired) electrons. The van der Waals surface area contributed by atoms with E-state index in [4.69, 9.17) is 0 Å². The van der Waals surface area contributed by atoms with Gasteiger partial charge in [0.05, 0.1) is 0 Å². The molecule has 68 valence electrons. The molecule has 13 heavy (non-hydrogen) atoms. The summed E-state index contributed by atoms with van der Waals surface area (Å²) >= 11 is 0. The molecule has 1 heterocycles. The highest BCUT2D eigenvalue weighted by atomic mass is 16.1.